The molecule has 45 heavy (non-hydrogen) atoms. The molecule has 3 saturated heterocycles. The quantitative estimate of drug-likeness (QED) is 0.286. The lowest BCUT2D eigenvalue weighted by atomic mass is 9.85. The topological polar surface area (TPSA) is 81.5 Å². The van der Waals surface area contributed by atoms with Crippen molar-refractivity contribution in [1.82, 2.24) is 14.8 Å². The Balaban J connectivity index is 1.30. The summed E-state index contributed by atoms with van der Waals surface area (Å²) in [7, 11) is 0. The predicted octanol–water partition coefficient (Wildman–Crippen LogP) is 6.68. The number of carbonyl (C=O) groups is 1. The first-order valence-corrected chi connectivity index (χ1v) is 16.3. The number of ether oxygens (including phenoxy) is 1. The minimum atomic E-state index is -0.991. The molecule has 3 aliphatic heterocycles. The molecule has 4 heterocycles. The Hall–Kier alpha value is -4.03. The molecule has 3 fully saturated rings. The van der Waals surface area contributed by atoms with E-state index in [1.165, 1.54) is 22.1 Å². The number of nitrogens with zero attached hydrogens (tertiary/aromatic N) is 4. The minimum absolute atomic E-state index is 0.0481. The van der Waals surface area contributed by atoms with E-state index in [0.717, 1.165) is 76.4 Å². The summed E-state index contributed by atoms with van der Waals surface area (Å²) < 4.78 is 36.3. The summed E-state index contributed by atoms with van der Waals surface area (Å²) in [4.78, 5) is 21.3. The molecule has 1 aromatic heterocycles. The molecule has 0 spiro atoms. The number of nitriles is 1. The largest absolute Gasteiger partial charge is 0.475 e. The number of aryl methyl sites for hydroxylation is 1. The predicted molar refractivity (Wildman–Crippen MR) is 170 cm³/mol. The summed E-state index contributed by atoms with van der Waals surface area (Å²) in [6.07, 6.45) is 9.86. The van der Waals surface area contributed by atoms with Crippen LogP contribution in [-0.4, -0.2) is 65.1 Å². The van der Waals surface area contributed by atoms with Crippen LogP contribution in [0.4, 0.5) is 14.5 Å². The molecular formula is C36H39F2N5O2. The second-order valence-corrected chi connectivity index (χ2v) is 13.1. The molecule has 4 aliphatic rings. The molecule has 1 aliphatic carbocycles. The van der Waals surface area contributed by atoms with Gasteiger partial charge in [-0.05, 0) is 106 Å². The van der Waals surface area contributed by atoms with E-state index < -0.39 is 11.7 Å². The number of benzene rings is 2. The number of fused-ring (bicyclic) bond motifs is 3. The lowest BCUT2D eigenvalue weighted by molar-refractivity contribution is -0.129. The van der Waals surface area contributed by atoms with E-state index in [1.807, 2.05) is 12.1 Å². The molecule has 3 aromatic rings. The Morgan fingerprint density at radius 3 is 2.69 bits per heavy atom. The molecule has 0 unspecified atom stereocenters. The number of halogens is 2. The maximum Gasteiger partial charge on any atom is 0.282 e. The summed E-state index contributed by atoms with van der Waals surface area (Å²) in [5, 5.41) is 14.3. The van der Waals surface area contributed by atoms with E-state index in [0.29, 0.717) is 41.7 Å². The van der Waals surface area contributed by atoms with Gasteiger partial charge in [0.25, 0.3) is 5.91 Å². The summed E-state index contributed by atoms with van der Waals surface area (Å²) in [5.74, 6) is -1.87. The highest BCUT2D eigenvalue weighted by Gasteiger charge is 2.45. The van der Waals surface area contributed by atoms with Crippen molar-refractivity contribution >= 4 is 22.5 Å². The van der Waals surface area contributed by atoms with Crippen LogP contribution < -0.4 is 10.1 Å². The average molecular weight is 612 g/mol. The molecule has 0 radical (unpaired) electrons. The Labute approximate surface area is 262 Å². The van der Waals surface area contributed by atoms with Crippen LogP contribution in [0.15, 0.2) is 42.7 Å². The van der Waals surface area contributed by atoms with Crippen molar-refractivity contribution in [3.63, 3.8) is 0 Å². The first-order chi connectivity index (χ1) is 21.9. The van der Waals surface area contributed by atoms with Gasteiger partial charge in [0.05, 0.1) is 16.7 Å². The van der Waals surface area contributed by atoms with Crippen LogP contribution in [0.1, 0.15) is 68.1 Å². The smallest absolute Gasteiger partial charge is 0.282 e. The van der Waals surface area contributed by atoms with E-state index in [9.17, 15) is 14.4 Å². The van der Waals surface area contributed by atoms with Gasteiger partial charge in [0.15, 0.2) is 5.83 Å². The SMILES string of the molecule is C=C(F)C(=O)N1CCC[C@H]1CNc1c(C#N)c(OCC23CCCN2CCC3)nc2cc(-c3cccc4c3CCCC4)c(F)cc12. The van der Waals surface area contributed by atoms with Gasteiger partial charge < -0.3 is 15.0 Å². The Bertz CT molecular complexity index is 1710. The summed E-state index contributed by atoms with van der Waals surface area (Å²) >= 11 is 0. The third kappa shape index (κ3) is 5.33. The number of hydrogen-bond donors (Lipinski definition) is 1. The van der Waals surface area contributed by atoms with E-state index in [1.54, 1.807) is 6.07 Å². The van der Waals surface area contributed by atoms with Crippen LogP contribution in [0.25, 0.3) is 22.0 Å². The zero-order valence-corrected chi connectivity index (χ0v) is 25.6. The number of nitrogens with one attached hydrogen (secondary N) is 1. The molecule has 1 amide bonds. The van der Waals surface area contributed by atoms with Crippen molar-refractivity contribution < 1.29 is 18.3 Å². The Morgan fingerprint density at radius 1 is 1.11 bits per heavy atom. The molecule has 1 atom stereocenters. The van der Waals surface area contributed by atoms with E-state index >= 15 is 4.39 Å². The van der Waals surface area contributed by atoms with Crippen molar-refractivity contribution in [2.75, 3.05) is 38.1 Å². The second kappa shape index (κ2) is 12.1. The molecule has 2 aromatic carbocycles. The molecule has 7 rings (SSSR count). The van der Waals surface area contributed by atoms with Crippen LogP contribution in [0.3, 0.4) is 0 Å². The van der Waals surface area contributed by atoms with E-state index in [-0.39, 0.29) is 35.4 Å². The fourth-order valence-corrected chi connectivity index (χ4v) is 8.25. The Kier molecular flexibility index (Phi) is 7.95. The zero-order chi connectivity index (χ0) is 31.1. The van der Waals surface area contributed by atoms with Crippen molar-refractivity contribution in [3.8, 4) is 23.1 Å². The minimum Gasteiger partial charge on any atom is -0.475 e. The van der Waals surface area contributed by atoms with E-state index in [4.69, 9.17) is 9.72 Å². The zero-order valence-electron chi connectivity index (χ0n) is 25.6. The van der Waals surface area contributed by atoms with Gasteiger partial charge in [0, 0.05) is 30.1 Å². The third-order valence-corrected chi connectivity index (χ3v) is 10.5. The van der Waals surface area contributed by atoms with Gasteiger partial charge in [-0.3, -0.25) is 9.69 Å². The first-order valence-electron chi connectivity index (χ1n) is 16.3. The molecule has 9 heteroatoms. The van der Waals surface area contributed by atoms with Gasteiger partial charge >= 0.3 is 0 Å². The number of aromatic nitrogens is 1. The third-order valence-electron chi connectivity index (χ3n) is 10.5. The van der Waals surface area contributed by atoms with E-state index in [2.05, 4.69) is 28.9 Å². The number of amides is 1. The van der Waals surface area contributed by atoms with Crippen molar-refractivity contribution in [3.05, 3.63) is 65.2 Å². The van der Waals surface area contributed by atoms with Gasteiger partial charge in [0.1, 0.15) is 24.1 Å². The lowest BCUT2D eigenvalue weighted by Gasteiger charge is -2.31. The standard InChI is InChI=1S/C36H39F2N5O2/c1-23(37)35(44)43-17-5-10-25(43)21-40-33-29-18-31(38)28(27-12-4-9-24-8-2-3-11-26(24)27)19-32(29)41-34(30(33)20-39)45-22-36-13-6-15-42(36)16-7-14-36/h4,9,12,18-19,25H,1-3,5-8,10-11,13-17,21-22H2,(H,40,41)/t25-/m0/s1. The molecule has 0 bridgehead atoms. The van der Waals surface area contributed by atoms with Crippen LogP contribution in [0, 0.1) is 17.1 Å². The number of likely N-dealkylation sites (tertiary alicyclic amines) is 1. The number of hydrogen-bond acceptors (Lipinski definition) is 6. The molecular weight excluding hydrogens is 572 g/mol. The van der Waals surface area contributed by atoms with Crippen molar-refractivity contribution in [2.24, 2.45) is 0 Å². The molecule has 1 N–H and O–H groups in total. The average Bonchev–Trinajstić information content (AvgIpc) is 3.78. The number of anilines is 1. The van der Waals surface area contributed by atoms with Gasteiger partial charge in [-0.15, -0.1) is 0 Å². The maximum atomic E-state index is 16.1. The van der Waals surface area contributed by atoms with Crippen LogP contribution >= 0.6 is 0 Å². The normalized spacial score (nSPS) is 20.6. The highest BCUT2D eigenvalue weighted by Crippen LogP contribution is 2.42. The Morgan fingerprint density at radius 2 is 1.91 bits per heavy atom. The first kappa shape index (κ1) is 29.7. The second-order valence-electron chi connectivity index (χ2n) is 13.1. The number of rotatable bonds is 8. The summed E-state index contributed by atoms with van der Waals surface area (Å²) in [5.41, 5.74) is 4.93. The van der Waals surface area contributed by atoms with Gasteiger partial charge in [-0.1, -0.05) is 24.8 Å². The summed E-state index contributed by atoms with van der Waals surface area (Å²) in [6, 6.07) is 11.3. The fourth-order valence-electron chi connectivity index (χ4n) is 8.25. The summed E-state index contributed by atoms with van der Waals surface area (Å²) in [6.45, 7) is 6.42. The van der Waals surface area contributed by atoms with Crippen molar-refractivity contribution in [1.29, 1.82) is 5.26 Å². The van der Waals surface area contributed by atoms with Gasteiger partial charge in [0.2, 0.25) is 5.88 Å². The fraction of sp³-hybridized carbons (Fsp3) is 0.472. The molecule has 0 saturated carbocycles. The molecule has 7 nitrogen and oxygen atoms in total. The van der Waals surface area contributed by atoms with Crippen molar-refractivity contribution in [2.45, 2.75) is 75.8 Å². The lowest BCUT2D eigenvalue weighted by Crippen LogP contribution is -2.43. The van der Waals surface area contributed by atoms with Crippen LogP contribution in [-0.2, 0) is 17.6 Å². The van der Waals surface area contributed by atoms with Gasteiger partial charge in [-0.2, -0.15) is 5.26 Å². The van der Waals surface area contributed by atoms with Crippen LogP contribution in [0.5, 0.6) is 5.88 Å². The monoisotopic (exact) mass is 611 g/mol. The number of pyridine rings is 1. The number of carbonyl (C=O) groups excluding carboxylic acids is 1. The molecule has 234 valence electrons. The highest BCUT2D eigenvalue weighted by molar-refractivity contribution is 5.98. The van der Waals surface area contributed by atoms with Gasteiger partial charge in [-0.25, -0.2) is 13.8 Å². The maximum absolute atomic E-state index is 16.1. The van der Waals surface area contributed by atoms with Crippen LogP contribution in [0.2, 0.25) is 0 Å². The highest BCUT2D eigenvalue weighted by atomic mass is 19.1.